The maximum atomic E-state index is 11.9. The third kappa shape index (κ3) is 6.55. The van der Waals surface area contributed by atoms with Crippen molar-refractivity contribution in [1.82, 2.24) is 5.32 Å². The second-order valence-corrected chi connectivity index (χ2v) is 7.06. The molecule has 0 unspecified atom stereocenters. The predicted molar refractivity (Wildman–Crippen MR) is 94.6 cm³/mol. The first-order valence-electron chi connectivity index (χ1n) is 7.79. The minimum Gasteiger partial charge on any atom is -0.355 e. The summed E-state index contributed by atoms with van der Waals surface area (Å²) in [4.78, 5) is 11.9. The molecule has 0 saturated heterocycles. The van der Waals surface area contributed by atoms with Gasteiger partial charge in [-0.2, -0.15) is 0 Å². The van der Waals surface area contributed by atoms with Gasteiger partial charge in [-0.25, -0.2) is 0 Å². The van der Waals surface area contributed by atoms with E-state index in [1.54, 1.807) is 6.07 Å². The van der Waals surface area contributed by atoms with E-state index in [4.69, 9.17) is 28.9 Å². The lowest BCUT2D eigenvalue weighted by Gasteiger charge is -2.26. The lowest BCUT2D eigenvalue weighted by molar-refractivity contribution is -0.121. The molecule has 124 valence electrons. The number of hydrogen-bond donors (Lipinski definition) is 2. The molecule has 0 heterocycles. The number of hydrogen-bond acceptors (Lipinski definition) is 2. The van der Waals surface area contributed by atoms with Crippen LogP contribution in [0.2, 0.25) is 10.0 Å². The predicted octanol–water partition coefficient (Wildman–Crippen LogP) is 4.30. The quantitative estimate of drug-likeness (QED) is 0.656. The van der Waals surface area contributed by atoms with Crippen LogP contribution in [0.1, 0.15) is 51.5 Å². The molecule has 0 spiro atoms. The van der Waals surface area contributed by atoms with Crippen LogP contribution in [0, 0.1) is 0 Å². The molecule has 0 bridgehead atoms. The van der Waals surface area contributed by atoms with Gasteiger partial charge in [0.15, 0.2) is 0 Å². The van der Waals surface area contributed by atoms with Crippen LogP contribution >= 0.6 is 23.2 Å². The van der Waals surface area contributed by atoms with E-state index in [0.29, 0.717) is 23.0 Å². The van der Waals surface area contributed by atoms with E-state index in [-0.39, 0.29) is 11.3 Å². The molecule has 3 N–H and O–H groups in total. The molecule has 1 aromatic rings. The number of carbonyl (C=O) groups is 1. The highest BCUT2D eigenvalue weighted by Gasteiger charge is 2.22. The zero-order valence-electron chi connectivity index (χ0n) is 13.4. The molecule has 0 aliphatic heterocycles. The summed E-state index contributed by atoms with van der Waals surface area (Å²) in [6, 6.07) is 5.61. The Labute approximate surface area is 143 Å². The molecule has 3 nitrogen and oxygen atoms in total. The second kappa shape index (κ2) is 9.39. The average Bonchev–Trinajstić information content (AvgIpc) is 2.48. The summed E-state index contributed by atoms with van der Waals surface area (Å²) in [5, 5.41) is 4.09. The first kappa shape index (κ1) is 19.3. The van der Waals surface area contributed by atoms with Crippen LogP contribution in [0.5, 0.6) is 0 Å². The minimum atomic E-state index is -0.191. The van der Waals surface area contributed by atoms with Crippen LogP contribution in [0.3, 0.4) is 0 Å². The number of nitrogens with one attached hydrogen (secondary N) is 1. The zero-order valence-corrected chi connectivity index (χ0v) is 14.9. The number of amides is 1. The van der Waals surface area contributed by atoms with E-state index >= 15 is 0 Å². The lowest BCUT2D eigenvalue weighted by Crippen LogP contribution is -2.36. The smallest absolute Gasteiger partial charge is 0.220 e. The molecule has 1 rings (SSSR count). The standard InChI is InChI=1S/C17H26Cl2N2O/c1-17(2,13-8-9-14(18)15(19)11-13)12-21-16(22)7-5-3-4-6-10-20/h8-9,11H,3-7,10,12,20H2,1-2H3,(H,21,22). The van der Waals surface area contributed by atoms with Gasteiger partial charge in [0.1, 0.15) is 0 Å². The summed E-state index contributed by atoms with van der Waals surface area (Å²) >= 11 is 12.0. The van der Waals surface area contributed by atoms with Gasteiger partial charge in [-0.3, -0.25) is 4.79 Å². The molecule has 5 heteroatoms. The Hall–Kier alpha value is -0.770. The fourth-order valence-electron chi connectivity index (χ4n) is 2.21. The van der Waals surface area contributed by atoms with Gasteiger partial charge in [0, 0.05) is 18.4 Å². The third-order valence-corrected chi connectivity index (χ3v) is 4.53. The SMILES string of the molecule is CC(C)(CNC(=O)CCCCCCN)c1ccc(Cl)c(Cl)c1. The van der Waals surface area contributed by atoms with E-state index in [0.717, 1.165) is 37.8 Å². The Bertz CT molecular complexity index is 490. The second-order valence-electron chi connectivity index (χ2n) is 6.24. The molecule has 0 fully saturated rings. The Morgan fingerprint density at radius 3 is 2.45 bits per heavy atom. The average molecular weight is 345 g/mol. The van der Waals surface area contributed by atoms with Gasteiger partial charge in [0.05, 0.1) is 10.0 Å². The van der Waals surface area contributed by atoms with Crippen LogP contribution in [-0.4, -0.2) is 19.0 Å². The maximum absolute atomic E-state index is 11.9. The Morgan fingerprint density at radius 2 is 1.82 bits per heavy atom. The molecular weight excluding hydrogens is 319 g/mol. The molecule has 1 aromatic carbocycles. The normalized spacial score (nSPS) is 11.5. The van der Waals surface area contributed by atoms with Crippen molar-refractivity contribution in [2.24, 2.45) is 5.73 Å². The monoisotopic (exact) mass is 344 g/mol. The molecule has 0 saturated carbocycles. The third-order valence-electron chi connectivity index (χ3n) is 3.79. The van der Waals surface area contributed by atoms with E-state index < -0.39 is 0 Å². The van der Waals surface area contributed by atoms with Gasteiger partial charge < -0.3 is 11.1 Å². The summed E-state index contributed by atoms with van der Waals surface area (Å²) in [5.41, 5.74) is 6.31. The number of halogens is 2. The molecule has 0 aromatic heterocycles. The zero-order chi connectivity index (χ0) is 16.6. The summed E-state index contributed by atoms with van der Waals surface area (Å²) in [6.07, 6.45) is 4.67. The molecule has 0 radical (unpaired) electrons. The number of rotatable bonds is 9. The topological polar surface area (TPSA) is 55.1 Å². The van der Waals surface area contributed by atoms with Gasteiger partial charge >= 0.3 is 0 Å². The van der Waals surface area contributed by atoms with Crippen molar-refractivity contribution >= 4 is 29.1 Å². The fraction of sp³-hybridized carbons (Fsp3) is 0.588. The fourth-order valence-corrected chi connectivity index (χ4v) is 2.51. The largest absolute Gasteiger partial charge is 0.355 e. The van der Waals surface area contributed by atoms with Gasteiger partial charge in [0.25, 0.3) is 0 Å². The van der Waals surface area contributed by atoms with Crippen molar-refractivity contribution < 1.29 is 4.79 Å². The maximum Gasteiger partial charge on any atom is 0.220 e. The van der Waals surface area contributed by atoms with Crippen LogP contribution in [0.4, 0.5) is 0 Å². The first-order chi connectivity index (χ1) is 10.4. The van der Waals surface area contributed by atoms with E-state index in [1.165, 1.54) is 0 Å². The molecule has 0 atom stereocenters. The Kier molecular flexibility index (Phi) is 8.23. The Balaban J connectivity index is 2.41. The molecule has 22 heavy (non-hydrogen) atoms. The number of nitrogens with two attached hydrogens (primary N) is 1. The van der Waals surface area contributed by atoms with Gasteiger partial charge in [-0.15, -0.1) is 0 Å². The van der Waals surface area contributed by atoms with Crippen LogP contribution in [0.25, 0.3) is 0 Å². The van der Waals surface area contributed by atoms with Crippen molar-refractivity contribution in [3.63, 3.8) is 0 Å². The first-order valence-corrected chi connectivity index (χ1v) is 8.54. The summed E-state index contributed by atoms with van der Waals surface area (Å²) in [5.74, 6) is 0.0980. The highest BCUT2D eigenvalue weighted by molar-refractivity contribution is 6.42. The van der Waals surface area contributed by atoms with E-state index in [9.17, 15) is 4.79 Å². The Morgan fingerprint density at radius 1 is 1.14 bits per heavy atom. The van der Waals surface area contributed by atoms with Crippen molar-refractivity contribution in [2.45, 2.75) is 51.4 Å². The highest BCUT2D eigenvalue weighted by Crippen LogP contribution is 2.29. The summed E-state index contributed by atoms with van der Waals surface area (Å²) in [7, 11) is 0. The highest BCUT2D eigenvalue weighted by atomic mass is 35.5. The number of unbranched alkanes of at least 4 members (excludes halogenated alkanes) is 3. The van der Waals surface area contributed by atoms with Crippen molar-refractivity contribution in [3.05, 3.63) is 33.8 Å². The number of carbonyl (C=O) groups excluding carboxylic acids is 1. The number of benzene rings is 1. The molecule has 0 aliphatic carbocycles. The van der Waals surface area contributed by atoms with E-state index in [2.05, 4.69) is 19.2 Å². The van der Waals surface area contributed by atoms with Crippen LogP contribution < -0.4 is 11.1 Å². The van der Waals surface area contributed by atoms with Crippen LogP contribution in [0.15, 0.2) is 18.2 Å². The van der Waals surface area contributed by atoms with Crippen molar-refractivity contribution in [3.8, 4) is 0 Å². The van der Waals surface area contributed by atoms with Crippen molar-refractivity contribution in [1.29, 1.82) is 0 Å². The lowest BCUT2D eigenvalue weighted by atomic mass is 9.84. The van der Waals surface area contributed by atoms with Gasteiger partial charge in [0.2, 0.25) is 5.91 Å². The van der Waals surface area contributed by atoms with Crippen molar-refractivity contribution in [2.75, 3.05) is 13.1 Å². The minimum absolute atomic E-state index is 0.0980. The van der Waals surface area contributed by atoms with Gasteiger partial charge in [-0.05, 0) is 37.1 Å². The van der Waals surface area contributed by atoms with Gasteiger partial charge in [-0.1, -0.05) is 56.0 Å². The molecule has 1 amide bonds. The molecule has 0 aliphatic rings. The summed E-state index contributed by atoms with van der Waals surface area (Å²) < 4.78 is 0. The van der Waals surface area contributed by atoms with E-state index in [1.807, 2.05) is 12.1 Å². The summed E-state index contributed by atoms with van der Waals surface area (Å²) in [6.45, 7) is 5.46. The molecular formula is C17H26Cl2N2O. The van der Waals surface area contributed by atoms with Crippen LogP contribution in [-0.2, 0) is 10.2 Å².